The lowest BCUT2D eigenvalue weighted by molar-refractivity contribution is 0.315. The first-order valence-corrected chi connectivity index (χ1v) is 4.76. The molecule has 0 aliphatic carbocycles. The van der Waals surface area contributed by atoms with Crippen molar-refractivity contribution in [3.8, 4) is 5.75 Å². The van der Waals surface area contributed by atoms with Crippen LogP contribution < -0.4 is 21.6 Å². The molecule has 0 saturated heterocycles. The van der Waals surface area contributed by atoms with Gasteiger partial charge in [0.15, 0.2) is 0 Å². The molecule has 0 aromatic heterocycles. The van der Waals surface area contributed by atoms with Gasteiger partial charge in [-0.3, -0.25) is 0 Å². The zero-order valence-corrected chi connectivity index (χ0v) is 8.87. The molecule has 0 aliphatic heterocycles. The van der Waals surface area contributed by atoms with E-state index in [9.17, 15) is 0 Å². The van der Waals surface area contributed by atoms with Crippen LogP contribution >= 0.6 is 11.6 Å². The van der Waals surface area contributed by atoms with Crippen LogP contribution in [-0.2, 0) is 0 Å². The summed E-state index contributed by atoms with van der Waals surface area (Å²) < 4.78 is 5.37. The Hall–Kier alpha value is -1.62. The Balaban J connectivity index is 2.20. The van der Waals surface area contributed by atoms with Gasteiger partial charge in [0.05, 0.1) is 6.54 Å². The molecule has 0 spiro atoms. The summed E-state index contributed by atoms with van der Waals surface area (Å²) >= 11 is 5.72. The molecule has 0 amide bonds. The molecule has 15 heavy (non-hydrogen) atoms. The Morgan fingerprint density at radius 2 is 2.00 bits per heavy atom. The molecule has 1 aromatic rings. The lowest BCUT2D eigenvalue weighted by Crippen LogP contribution is -2.27. The highest BCUT2D eigenvalue weighted by atomic mass is 35.5. The zero-order valence-electron chi connectivity index (χ0n) is 8.11. The lowest BCUT2D eigenvalue weighted by atomic mass is 10.3. The number of hydrogen-bond acceptors (Lipinski definition) is 3. The van der Waals surface area contributed by atoms with Gasteiger partial charge in [0.25, 0.3) is 0 Å². The normalized spacial score (nSPS) is 9.40. The molecule has 0 unspecified atom stereocenters. The third-order valence-electron chi connectivity index (χ3n) is 1.50. The molecule has 0 saturated carbocycles. The Kier molecular flexibility index (Phi) is 4.56. The molecule has 0 heterocycles. The number of guanidine groups is 1. The van der Waals surface area contributed by atoms with E-state index in [4.69, 9.17) is 27.8 Å². The number of hydrazone groups is 1. The van der Waals surface area contributed by atoms with Gasteiger partial charge >= 0.3 is 0 Å². The van der Waals surface area contributed by atoms with E-state index in [0.29, 0.717) is 18.2 Å². The summed E-state index contributed by atoms with van der Waals surface area (Å²) in [6.45, 7) is 0.999. The maximum absolute atomic E-state index is 5.72. The van der Waals surface area contributed by atoms with Crippen LogP contribution in [-0.4, -0.2) is 19.1 Å². The summed E-state index contributed by atoms with van der Waals surface area (Å²) in [4.78, 5) is 0. The van der Waals surface area contributed by atoms with Gasteiger partial charge in [-0.05, 0) is 24.3 Å². The van der Waals surface area contributed by atoms with E-state index in [1.54, 1.807) is 24.3 Å². The van der Waals surface area contributed by atoms with E-state index >= 15 is 0 Å². The number of hydrogen-bond donors (Lipinski definition) is 3. The second kappa shape index (κ2) is 5.98. The summed E-state index contributed by atoms with van der Waals surface area (Å²) in [5, 5.41) is 4.27. The predicted octanol–water partition coefficient (Wildman–Crippen LogP) is 0.497. The first-order valence-electron chi connectivity index (χ1n) is 4.38. The van der Waals surface area contributed by atoms with E-state index in [2.05, 4.69) is 10.5 Å². The number of nitrogens with two attached hydrogens (primary N) is 2. The monoisotopic (exact) mass is 228 g/mol. The van der Waals surface area contributed by atoms with Crippen LogP contribution in [0.4, 0.5) is 0 Å². The molecule has 0 radical (unpaired) electrons. The predicted molar refractivity (Wildman–Crippen MR) is 60.8 cm³/mol. The molecular formula is C9H13ClN4O. The molecule has 0 bridgehead atoms. The number of nitrogens with zero attached hydrogens (tertiary/aromatic N) is 1. The highest BCUT2D eigenvalue weighted by Gasteiger charge is 1.92. The van der Waals surface area contributed by atoms with E-state index in [-0.39, 0.29) is 5.96 Å². The van der Waals surface area contributed by atoms with Crippen LogP contribution in [0.1, 0.15) is 0 Å². The molecule has 0 aliphatic rings. The molecule has 82 valence electrons. The minimum absolute atomic E-state index is 0.00138. The van der Waals surface area contributed by atoms with E-state index in [1.165, 1.54) is 0 Å². The SMILES string of the molecule is NC(N)=NNCCOc1ccc(Cl)cc1. The third-order valence-corrected chi connectivity index (χ3v) is 1.76. The first kappa shape index (κ1) is 11.5. The Morgan fingerprint density at radius 1 is 1.33 bits per heavy atom. The minimum atomic E-state index is 0.00138. The molecular weight excluding hydrogens is 216 g/mol. The van der Waals surface area contributed by atoms with Crippen molar-refractivity contribution in [3.05, 3.63) is 29.3 Å². The second-order valence-electron chi connectivity index (χ2n) is 2.75. The van der Waals surface area contributed by atoms with Crippen molar-refractivity contribution < 1.29 is 4.74 Å². The lowest BCUT2D eigenvalue weighted by Gasteiger charge is -2.05. The van der Waals surface area contributed by atoms with Gasteiger partial charge in [0.1, 0.15) is 12.4 Å². The maximum atomic E-state index is 5.72. The second-order valence-corrected chi connectivity index (χ2v) is 3.18. The molecule has 1 rings (SSSR count). The summed E-state index contributed by atoms with van der Waals surface area (Å²) in [6.07, 6.45) is 0. The van der Waals surface area contributed by atoms with Crippen LogP contribution in [0.3, 0.4) is 0 Å². The molecule has 0 fully saturated rings. The van der Waals surface area contributed by atoms with Crippen molar-refractivity contribution in [1.82, 2.24) is 5.43 Å². The molecule has 6 heteroatoms. The van der Waals surface area contributed by atoms with E-state index < -0.39 is 0 Å². The number of halogens is 1. The standard InChI is InChI=1S/C9H13ClN4O/c10-7-1-3-8(4-2-7)15-6-5-13-14-9(11)12/h1-4,13H,5-6H2,(H4,11,12,14). The number of benzene rings is 1. The number of ether oxygens (including phenoxy) is 1. The van der Waals surface area contributed by atoms with Gasteiger partial charge in [0, 0.05) is 5.02 Å². The summed E-state index contributed by atoms with van der Waals surface area (Å²) in [5.41, 5.74) is 12.9. The zero-order chi connectivity index (χ0) is 11.1. The van der Waals surface area contributed by atoms with Crippen molar-refractivity contribution in [2.45, 2.75) is 0 Å². The summed E-state index contributed by atoms with van der Waals surface area (Å²) in [7, 11) is 0. The average Bonchev–Trinajstić information content (AvgIpc) is 2.20. The van der Waals surface area contributed by atoms with Crippen LogP contribution in [0.25, 0.3) is 0 Å². The van der Waals surface area contributed by atoms with Gasteiger partial charge in [0.2, 0.25) is 5.96 Å². The first-order chi connectivity index (χ1) is 7.18. The van der Waals surface area contributed by atoms with Gasteiger partial charge < -0.3 is 21.6 Å². The van der Waals surface area contributed by atoms with Crippen molar-refractivity contribution in [1.29, 1.82) is 0 Å². The van der Waals surface area contributed by atoms with Crippen LogP contribution in [0.15, 0.2) is 29.4 Å². The van der Waals surface area contributed by atoms with Crippen molar-refractivity contribution in [2.24, 2.45) is 16.6 Å². The van der Waals surface area contributed by atoms with Crippen LogP contribution in [0, 0.1) is 0 Å². The van der Waals surface area contributed by atoms with Gasteiger partial charge in [-0.1, -0.05) is 11.6 Å². The van der Waals surface area contributed by atoms with Crippen molar-refractivity contribution in [2.75, 3.05) is 13.2 Å². The summed E-state index contributed by atoms with van der Waals surface area (Å²) in [6, 6.07) is 7.12. The largest absolute Gasteiger partial charge is 0.492 e. The Labute approximate surface area is 93.0 Å². The fourth-order valence-electron chi connectivity index (χ4n) is 0.893. The van der Waals surface area contributed by atoms with E-state index in [1.807, 2.05) is 0 Å². The molecule has 5 N–H and O–H groups in total. The fraction of sp³-hybridized carbons (Fsp3) is 0.222. The number of nitrogens with one attached hydrogen (secondary N) is 1. The summed E-state index contributed by atoms with van der Waals surface area (Å²) in [5.74, 6) is 0.757. The van der Waals surface area contributed by atoms with Crippen molar-refractivity contribution in [3.63, 3.8) is 0 Å². The van der Waals surface area contributed by atoms with Crippen LogP contribution in [0.2, 0.25) is 5.02 Å². The average molecular weight is 229 g/mol. The number of rotatable bonds is 5. The Bertz CT molecular complexity index is 321. The molecule has 5 nitrogen and oxygen atoms in total. The van der Waals surface area contributed by atoms with E-state index in [0.717, 1.165) is 5.75 Å². The Morgan fingerprint density at radius 3 is 2.60 bits per heavy atom. The smallest absolute Gasteiger partial charge is 0.208 e. The van der Waals surface area contributed by atoms with Crippen molar-refractivity contribution >= 4 is 17.6 Å². The van der Waals surface area contributed by atoms with Gasteiger partial charge in [-0.25, -0.2) is 0 Å². The topological polar surface area (TPSA) is 85.7 Å². The minimum Gasteiger partial charge on any atom is -0.492 e. The highest BCUT2D eigenvalue weighted by molar-refractivity contribution is 6.30. The fourth-order valence-corrected chi connectivity index (χ4v) is 1.02. The highest BCUT2D eigenvalue weighted by Crippen LogP contribution is 2.14. The third kappa shape index (κ3) is 4.97. The molecule has 1 aromatic carbocycles. The van der Waals surface area contributed by atoms with Crippen LogP contribution in [0.5, 0.6) is 5.75 Å². The molecule has 0 atom stereocenters. The maximum Gasteiger partial charge on any atom is 0.208 e. The quantitative estimate of drug-likeness (QED) is 0.297. The van der Waals surface area contributed by atoms with Gasteiger partial charge in [-0.15, -0.1) is 5.10 Å². The van der Waals surface area contributed by atoms with Gasteiger partial charge in [-0.2, -0.15) is 0 Å².